The monoisotopic (exact) mass is 171 g/mol. The third kappa shape index (κ3) is 1.05. The van der Waals surface area contributed by atoms with Gasteiger partial charge in [0.1, 0.15) is 0 Å². The minimum atomic E-state index is 0.166. The van der Waals surface area contributed by atoms with Gasteiger partial charge in [0, 0.05) is 12.0 Å². The summed E-state index contributed by atoms with van der Waals surface area (Å²) in [7, 11) is 0. The van der Waals surface area contributed by atoms with Crippen LogP contribution in [0.3, 0.4) is 0 Å². The van der Waals surface area contributed by atoms with Crippen LogP contribution in [0.2, 0.25) is 0 Å². The molecule has 1 aliphatic carbocycles. The van der Waals surface area contributed by atoms with Crippen LogP contribution >= 0.6 is 0 Å². The highest BCUT2D eigenvalue weighted by Crippen LogP contribution is 2.34. The third-order valence-corrected chi connectivity index (χ3v) is 2.51. The highest BCUT2D eigenvalue weighted by molar-refractivity contribution is 6.01. The fourth-order valence-electron chi connectivity index (χ4n) is 1.93. The topological polar surface area (TPSA) is 40.9 Å². The molecule has 1 aliphatic rings. The van der Waals surface area contributed by atoms with Gasteiger partial charge in [-0.05, 0) is 17.5 Å². The summed E-state index contributed by atoms with van der Waals surface area (Å²) in [6, 6.07) is 7.48. The van der Waals surface area contributed by atoms with E-state index in [2.05, 4.69) is 6.07 Å². The molecule has 2 nitrogen and oxygen atoms in total. The predicted molar refractivity (Wildman–Crippen MR) is 48.5 cm³/mol. The summed E-state index contributed by atoms with van der Waals surface area (Å²) in [4.78, 5) is 11.4. The van der Waals surface area contributed by atoms with Crippen LogP contribution in [0.15, 0.2) is 18.2 Å². The van der Waals surface area contributed by atoms with E-state index in [1.807, 2.05) is 13.0 Å². The number of nitrogens with zero attached hydrogens (tertiary/aromatic N) is 1. The molecule has 0 fully saturated rings. The Bertz CT molecular complexity index is 415. The SMILES string of the molecule is CC1CC(=O)c2cccc(C#N)c21. The molecule has 0 bridgehead atoms. The van der Waals surface area contributed by atoms with Crippen molar-refractivity contribution in [1.82, 2.24) is 0 Å². The van der Waals surface area contributed by atoms with E-state index in [0.29, 0.717) is 12.0 Å². The molecule has 1 aromatic carbocycles. The zero-order valence-corrected chi connectivity index (χ0v) is 7.37. The molecule has 13 heavy (non-hydrogen) atoms. The van der Waals surface area contributed by atoms with Crippen LogP contribution < -0.4 is 0 Å². The fraction of sp³-hybridized carbons (Fsp3) is 0.273. The molecule has 0 heterocycles. The van der Waals surface area contributed by atoms with Gasteiger partial charge in [0.2, 0.25) is 0 Å². The lowest BCUT2D eigenvalue weighted by Crippen LogP contribution is -1.92. The minimum Gasteiger partial charge on any atom is -0.294 e. The second-order valence-corrected chi connectivity index (χ2v) is 3.41. The molecule has 2 rings (SSSR count). The van der Waals surface area contributed by atoms with Crippen molar-refractivity contribution >= 4 is 5.78 Å². The summed E-state index contributed by atoms with van der Waals surface area (Å²) >= 11 is 0. The molecule has 0 N–H and O–H groups in total. The number of carbonyl (C=O) groups excluding carboxylic acids is 1. The number of hydrogen-bond acceptors (Lipinski definition) is 2. The van der Waals surface area contributed by atoms with Gasteiger partial charge in [-0.1, -0.05) is 19.1 Å². The van der Waals surface area contributed by atoms with Crippen LogP contribution in [0.1, 0.15) is 40.7 Å². The molecule has 0 saturated carbocycles. The van der Waals surface area contributed by atoms with Crippen LogP contribution in [0.5, 0.6) is 0 Å². The van der Waals surface area contributed by atoms with Crippen molar-refractivity contribution in [2.45, 2.75) is 19.3 Å². The minimum absolute atomic E-state index is 0.166. The van der Waals surface area contributed by atoms with E-state index in [-0.39, 0.29) is 11.7 Å². The first-order valence-electron chi connectivity index (χ1n) is 4.30. The quantitative estimate of drug-likeness (QED) is 0.600. The van der Waals surface area contributed by atoms with Gasteiger partial charge >= 0.3 is 0 Å². The Morgan fingerprint density at radius 1 is 1.54 bits per heavy atom. The van der Waals surface area contributed by atoms with E-state index in [9.17, 15) is 4.79 Å². The Morgan fingerprint density at radius 3 is 3.00 bits per heavy atom. The Labute approximate surface area is 76.8 Å². The van der Waals surface area contributed by atoms with E-state index >= 15 is 0 Å². The molecule has 1 atom stereocenters. The van der Waals surface area contributed by atoms with E-state index in [0.717, 1.165) is 11.1 Å². The van der Waals surface area contributed by atoms with Crippen LogP contribution in [0.4, 0.5) is 0 Å². The summed E-state index contributed by atoms with van der Waals surface area (Å²) in [5.41, 5.74) is 2.33. The molecule has 1 aromatic rings. The van der Waals surface area contributed by atoms with Gasteiger partial charge in [0.25, 0.3) is 0 Å². The van der Waals surface area contributed by atoms with E-state index in [1.165, 1.54) is 0 Å². The van der Waals surface area contributed by atoms with Gasteiger partial charge in [0.15, 0.2) is 5.78 Å². The maximum atomic E-state index is 11.4. The molecule has 0 spiro atoms. The van der Waals surface area contributed by atoms with Crippen molar-refractivity contribution in [3.8, 4) is 6.07 Å². The van der Waals surface area contributed by atoms with Crippen LogP contribution in [-0.4, -0.2) is 5.78 Å². The number of nitriles is 1. The van der Waals surface area contributed by atoms with E-state index in [4.69, 9.17) is 5.26 Å². The van der Waals surface area contributed by atoms with Crippen LogP contribution in [0.25, 0.3) is 0 Å². The maximum absolute atomic E-state index is 11.4. The number of Topliss-reactive ketones (excluding diaryl/α,β-unsaturated/α-hetero) is 1. The number of hydrogen-bond donors (Lipinski definition) is 0. The van der Waals surface area contributed by atoms with Crippen molar-refractivity contribution in [3.63, 3.8) is 0 Å². The maximum Gasteiger partial charge on any atom is 0.163 e. The van der Waals surface area contributed by atoms with E-state index < -0.39 is 0 Å². The average molecular weight is 171 g/mol. The number of ketones is 1. The summed E-state index contributed by atoms with van der Waals surface area (Å²) in [6.45, 7) is 1.99. The van der Waals surface area contributed by atoms with Crippen molar-refractivity contribution < 1.29 is 4.79 Å². The molecule has 0 radical (unpaired) electrons. The Balaban J connectivity index is 2.70. The molecular weight excluding hydrogens is 162 g/mol. The summed E-state index contributed by atoms with van der Waals surface area (Å²) in [6.07, 6.45) is 0.550. The fourth-order valence-corrected chi connectivity index (χ4v) is 1.93. The first-order chi connectivity index (χ1) is 6.24. The summed E-state index contributed by atoms with van der Waals surface area (Å²) < 4.78 is 0. The van der Waals surface area contributed by atoms with Gasteiger partial charge < -0.3 is 0 Å². The van der Waals surface area contributed by atoms with Crippen molar-refractivity contribution in [2.75, 3.05) is 0 Å². The molecular formula is C11H9NO. The number of carbonyl (C=O) groups is 1. The largest absolute Gasteiger partial charge is 0.294 e. The second kappa shape index (κ2) is 2.70. The second-order valence-electron chi connectivity index (χ2n) is 3.41. The van der Waals surface area contributed by atoms with Gasteiger partial charge in [-0.15, -0.1) is 0 Å². The van der Waals surface area contributed by atoms with Crippen LogP contribution in [-0.2, 0) is 0 Å². The van der Waals surface area contributed by atoms with Crippen LogP contribution in [0, 0.1) is 11.3 Å². The first-order valence-corrected chi connectivity index (χ1v) is 4.30. The molecule has 2 heteroatoms. The summed E-state index contributed by atoms with van der Waals surface area (Å²) in [5.74, 6) is 0.373. The Hall–Kier alpha value is -1.62. The highest BCUT2D eigenvalue weighted by atomic mass is 16.1. The molecule has 0 aliphatic heterocycles. The van der Waals surface area contributed by atoms with Crippen molar-refractivity contribution in [3.05, 3.63) is 34.9 Å². The van der Waals surface area contributed by atoms with E-state index in [1.54, 1.807) is 12.1 Å². The lowest BCUT2D eigenvalue weighted by Gasteiger charge is -2.04. The smallest absolute Gasteiger partial charge is 0.163 e. The number of fused-ring (bicyclic) bond motifs is 1. The first kappa shape index (κ1) is 8.00. The van der Waals surface area contributed by atoms with Gasteiger partial charge in [0.05, 0.1) is 11.6 Å². The van der Waals surface area contributed by atoms with Crippen molar-refractivity contribution in [2.24, 2.45) is 0 Å². The Kier molecular flexibility index (Phi) is 1.66. The van der Waals surface area contributed by atoms with Gasteiger partial charge in [-0.25, -0.2) is 0 Å². The average Bonchev–Trinajstić information content (AvgIpc) is 2.43. The predicted octanol–water partition coefficient (Wildman–Crippen LogP) is 2.25. The highest BCUT2D eigenvalue weighted by Gasteiger charge is 2.27. The number of benzene rings is 1. The molecule has 64 valence electrons. The molecule has 0 aromatic heterocycles. The normalized spacial score (nSPS) is 19.7. The zero-order chi connectivity index (χ0) is 9.42. The lowest BCUT2D eigenvalue weighted by atomic mass is 9.98. The summed E-state index contributed by atoms with van der Waals surface area (Å²) in [5, 5.41) is 8.84. The molecule has 1 unspecified atom stereocenters. The lowest BCUT2D eigenvalue weighted by molar-refractivity contribution is 0.0990. The number of rotatable bonds is 0. The molecule has 0 amide bonds. The standard InChI is InChI=1S/C11H9NO/c1-7-5-10(13)9-4-2-3-8(6-12)11(7)9/h2-4,7H,5H2,1H3. The van der Waals surface area contributed by atoms with Gasteiger partial charge in [-0.3, -0.25) is 4.79 Å². The zero-order valence-electron chi connectivity index (χ0n) is 7.37. The van der Waals surface area contributed by atoms with Gasteiger partial charge in [-0.2, -0.15) is 5.26 Å². The third-order valence-electron chi connectivity index (χ3n) is 2.51. The Morgan fingerprint density at radius 2 is 2.31 bits per heavy atom. The van der Waals surface area contributed by atoms with Crippen molar-refractivity contribution in [1.29, 1.82) is 5.26 Å². The molecule has 0 saturated heterocycles.